The number of hydrogen-bond donors (Lipinski definition) is 2. The molecule has 9 heteroatoms. The molecule has 0 fully saturated rings. The zero-order valence-corrected chi connectivity index (χ0v) is 26.6. The maximum Gasteiger partial charge on any atom is 0.0986 e. The van der Waals surface area contributed by atoms with Crippen LogP contribution in [0.15, 0.2) is 134 Å². The van der Waals surface area contributed by atoms with E-state index in [2.05, 4.69) is 83.8 Å². The van der Waals surface area contributed by atoms with Crippen molar-refractivity contribution < 1.29 is 19.5 Å². The molecular weight excluding hydrogens is 658 g/mol. The largest absolute Gasteiger partial charge is 0.396 e. The van der Waals surface area contributed by atoms with Crippen molar-refractivity contribution in [1.29, 1.82) is 0 Å². The number of fused-ring (bicyclic) bond motifs is 9. The van der Waals surface area contributed by atoms with Gasteiger partial charge in [0.05, 0.1) is 44.5 Å². The molecule has 0 aliphatic heterocycles. The maximum atomic E-state index is 6.17. The number of benzene rings is 3. The van der Waals surface area contributed by atoms with E-state index in [0.29, 0.717) is 0 Å². The van der Waals surface area contributed by atoms with Crippen LogP contribution in [0.4, 0.5) is 11.4 Å². The number of rotatable bonds is 1. The van der Waals surface area contributed by atoms with Crippen LogP contribution in [-0.4, -0.2) is 37.0 Å². The van der Waals surface area contributed by atoms with Crippen molar-refractivity contribution in [3.8, 4) is 0 Å². The van der Waals surface area contributed by atoms with E-state index < -0.39 is 0 Å². The average molecular weight is 686 g/mol. The second kappa shape index (κ2) is 13.5. The topological polar surface area (TPSA) is 115 Å². The number of pyridine rings is 6. The Labute approximate surface area is 277 Å². The Morgan fingerprint density at radius 2 is 0.717 bits per heavy atom. The van der Waals surface area contributed by atoms with Crippen molar-refractivity contribution in [2.45, 2.75) is 0 Å². The first-order valence-electron chi connectivity index (χ1n) is 14.5. The Bertz CT molecular complexity index is 2250. The zero-order chi connectivity index (χ0) is 30.6. The smallest absolute Gasteiger partial charge is 0.0986 e. The van der Waals surface area contributed by atoms with Crippen LogP contribution in [0.1, 0.15) is 0 Å². The molecule has 0 aliphatic rings. The summed E-state index contributed by atoms with van der Waals surface area (Å²) in [4.78, 5) is 26.2. The molecule has 9 aromatic rings. The minimum absolute atomic E-state index is 0. The molecule has 224 valence electrons. The molecule has 3 aromatic carbocycles. The second-order valence-corrected chi connectivity index (χ2v) is 10.3. The third-order valence-electron chi connectivity index (χ3n) is 7.61. The molecule has 0 radical (unpaired) electrons. The first-order chi connectivity index (χ1) is 22.2. The predicted octanol–water partition coefficient (Wildman–Crippen LogP) is 7.97. The van der Waals surface area contributed by atoms with E-state index in [-0.39, 0.29) is 19.5 Å². The molecule has 0 bridgehead atoms. The Kier molecular flexibility index (Phi) is 8.94. The average Bonchev–Trinajstić information content (AvgIpc) is 3.12. The zero-order valence-electron chi connectivity index (χ0n) is 24.8. The molecule has 9 rings (SSSR count). The molecule has 46 heavy (non-hydrogen) atoms. The summed E-state index contributed by atoms with van der Waals surface area (Å²) in [5.74, 6) is 0. The normalized spacial score (nSPS) is 10.6. The summed E-state index contributed by atoms with van der Waals surface area (Å²) in [5, 5.41) is 9.62. The van der Waals surface area contributed by atoms with Gasteiger partial charge in [0.1, 0.15) is 0 Å². The van der Waals surface area contributed by atoms with Crippen LogP contribution in [-0.2, 0) is 19.5 Å². The molecule has 3 N–H and O–H groups in total. The number of nitrogens with zero attached hydrogens (tertiary/aromatic N) is 6. The summed E-state index contributed by atoms with van der Waals surface area (Å²) in [6.45, 7) is 0. The van der Waals surface area contributed by atoms with Gasteiger partial charge in [-0.25, -0.2) is 0 Å². The number of nitrogens with two attached hydrogens (primary N) is 1. The van der Waals surface area contributed by atoms with Gasteiger partial charge < -0.3 is 11.1 Å². The molecular formula is C37H28N8Ru. The molecule has 0 saturated carbocycles. The van der Waals surface area contributed by atoms with E-state index in [1.54, 1.807) is 37.2 Å². The van der Waals surface area contributed by atoms with Crippen LogP contribution in [0, 0.1) is 0 Å². The second-order valence-electron chi connectivity index (χ2n) is 10.3. The van der Waals surface area contributed by atoms with Crippen molar-refractivity contribution in [2.24, 2.45) is 0 Å². The fourth-order valence-corrected chi connectivity index (χ4v) is 5.52. The quantitative estimate of drug-likeness (QED) is 0.0774. The number of nitrogens with one attached hydrogen (secondary N) is 1. The predicted molar refractivity (Wildman–Crippen MR) is 185 cm³/mol. The minimum Gasteiger partial charge on any atom is -0.396 e. The van der Waals surface area contributed by atoms with Crippen molar-refractivity contribution in [3.63, 3.8) is 0 Å². The molecule has 0 spiro atoms. The van der Waals surface area contributed by atoms with Gasteiger partial charge in [-0.1, -0.05) is 48.5 Å². The SMILES string of the molecule is CNc1c(N)c2cccnc2c2ncccc12.[Ru].c1cnc2c(c1)ccc1cccnc12.c1cnc2c(c1)ccc1cccnc12. The van der Waals surface area contributed by atoms with Gasteiger partial charge in [0, 0.05) is 96.0 Å². The first-order valence-corrected chi connectivity index (χ1v) is 14.5. The van der Waals surface area contributed by atoms with Gasteiger partial charge in [-0.2, -0.15) is 0 Å². The molecule has 0 amide bonds. The Hall–Kier alpha value is -5.66. The van der Waals surface area contributed by atoms with Crippen LogP contribution < -0.4 is 11.1 Å². The molecule has 0 saturated heterocycles. The molecule has 6 heterocycles. The summed E-state index contributed by atoms with van der Waals surface area (Å²) in [6.07, 6.45) is 10.7. The summed E-state index contributed by atoms with van der Waals surface area (Å²) in [6, 6.07) is 32.0. The molecule has 0 atom stereocenters. The van der Waals surface area contributed by atoms with E-state index in [9.17, 15) is 0 Å². The van der Waals surface area contributed by atoms with E-state index in [1.807, 2.05) is 55.6 Å². The third-order valence-corrected chi connectivity index (χ3v) is 7.61. The number of anilines is 2. The Balaban J connectivity index is 0.000000121. The molecule has 0 unspecified atom stereocenters. The number of hydrogen-bond acceptors (Lipinski definition) is 8. The van der Waals surface area contributed by atoms with Crippen LogP contribution in [0.25, 0.3) is 65.4 Å². The van der Waals surface area contributed by atoms with Crippen LogP contribution in [0.5, 0.6) is 0 Å². The van der Waals surface area contributed by atoms with Gasteiger partial charge in [-0.3, -0.25) is 29.9 Å². The van der Waals surface area contributed by atoms with E-state index in [1.165, 1.54) is 0 Å². The number of aromatic nitrogens is 6. The molecule has 0 aliphatic carbocycles. The van der Waals surface area contributed by atoms with Gasteiger partial charge in [-0.05, 0) is 48.5 Å². The summed E-state index contributed by atoms with van der Waals surface area (Å²) in [7, 11) is 1.86. The monoisotopic (exact) mass is 686 g/mol. The van der Waals surface area contributed by atoms with Crippen molar-refractivity contribution in [3.05, 3.63) is 134 Å². The van der Waals surface area contributed by atoms with Gasteiger partial charge in [-0.15, -0.1) is 0 Å². The number of nitrogen functional groups attached to an aromatic ring is 1. The van der Waals surface area contributed by atoms with Crippen molar-refractivity contribution in [2.75, 3.05) is 18.1 Å². The fourth-order valence-electron chi connectivity index (χ4n) is 5.52. The van der Waals surface area contributed by atoms with Crippen LogP contribution in [0.2, 0.25) is 0 Å². The van der Waals surface area contributed by atoms with E-state index in [0.717, 1.165) is 76.8 Å². The van der Waals surface area contributed by atoms with Gasteiger partial charge in [0.15, 0.2) is 0 Å². The minimum atomic E-state index is 0. The molecule has 6 aromatic heterocycles. The van der Waals surface area contributed by atoms with Crippen LogP contribution >= 0.6 is 0 Å². The molecule has 8 nitrogen and oxygen atoms in total. The third kappa shape index (κ3) is 5.76. The summed E-state index contributed by atoms with van der Waals surface area (Å²) < 4.78 is 0. The van der Waals surface area contributed by atoms with Crippen molar-refractivity contribution >= 4 is 76.8 Å². The van der Waals surface area contributed by atoms with E-state index >= 15 is 0 Å². The standard InChI is InChI=1S/C13H12N4.2C12H8N2.Ru/c1-15-11-9-5-3-7-17-13(9)12-8(10(11)14)4-2-6-16-12;2*1-3-9-5-6-10-4-2-8-14-12(10)11(9)13-7-1;/h2-7,15H,14H2,1H3;2*1-8H;. The van der Waals surface area contributed by atoms with Crippen LogP contribution in [0.3, 0.4) is 0 Å². The Morgan fingerprint density at radius 1 is 0.413 bits per heavy atom. The maximum absolute atomic E-state index is 6.17. The fraction of sp³-hybridized carbons (Fsp3) is 0.0270. The van der Waals surface area contributed by atoms with E-state index in [4.69, 9.17) is 5.73 Å². The van der Waals surface area contributed by atoms with Gasteiger partial charge in [0.2, 0.25) is 0 Å². The Morgan fingerprint density at radius 3 is 1.09 bits per heavy atom. The van der Waals surface area contributed by atoms with Gasteiger partial charge in [0.25, 0.3) is 0 Å². The summed E-state index contributed by atoms with van der Waals surface area (Å²) >= 11 is 0. The summed E-state index contributed by atoms with van der Waals surface area (Å²) in [5.41, 5.74) is 13.4. The van der Waals surface area contributed by atoms with Gasteiger partial charge >= 0.3 is 0 Å². The first kappa shape index (κ1) is 30.4. The van der Waals surface area contributed by atoms with Crippen molar-refractivity contribution in [1.82, 2.24) is 29.9 Å².